The van der Waals surface area contributed by atoms with Gasteiger partial charge in [0, 0.05) is 18.7 Å². The van der Waals surface area contributed by atoms with E-state index in [-0.39, 0.29) is 11.9 Å². The quantitative estimate of drug-likeness (QED) is 0.791. The number of ether oxygens (including phenoxy) is 1. The summed E-state index contributed by atoms with van der Waals surface area (Å²) in [6.45, 7) is 7.72. The monoisotopic (exact) mass is 264 g/mol. The van der Waals surface area contributed by atoms with Crippen LogP contribution >= 0.6 is 0 Å². The number of carbonyl (C=O) groups excluding carboxylic acids is 1. The molecule has 0 aromatic heterocycles. The fourth-order valence-electron chi connectivity index (χ4n) is 1.74. The minimum absolute atomic E-state index is 0.0222. The Kier molecular flexibility index (Phi) is 6.53. The van der Waals surface area contributed by atoms with Crippen LogP contribution < -0.4 is 11.1 Å². The van der Waals surface area contributed by atoms with Crippen molar-refractivity contribution in [2.24, 2.45) is 11.7 Å². The molecule has 0 bridgehead atoms. The van der Waals surface area contributed by atoms with Crippen LogP contribution in [0.5, 0.6) is 0 Å². The fourth-order valence-corrected chi connectivity index (χ4v) is 1.74. The first-order valence-corrected chi connectivity index (χ1v) is 6.76. The third kappa shape index (κ3) is 5.01. The van der Waals surface area contributed by atoms with Gasteiger partial charge in [0.2, 0.25) is 0 Å². The zero-order valence-electron chi connectivity index (χ0n) is 12.0. The number of hydrogen-bond acceptors (Lipinski definition) is 3. The molecule has 1 rings (SSSR count). The van der Waals surface area contributed by atoms with Gasteiger partial charge in [-0.1, -0.05) is 26.0 Å². The molecule has 1 atom stereocenters. The Bertz CT molecular complexity index is 405. The maximum Gasteiger partial charge on any atom is 0.251 e. The van der Waals surface area contributed by atoms with Crippen LogP contribution in [0.15, 0.2) is 24.3 Å². The van der Waals surface area contributed by atoms with E-state index in [9.17, 15) is 4.79 Å². The highest BCUT2D eigenvalue weighted by Gasteiger charge is 2.17. The SMILES string of the molecule is CCOCC(NC(=O)c1cccc(CN)c1)C(C)C. The zero-order valence-corrected chi connectivity index (χ0v) is 12.0. The summed E-state index contributed by atoms with van der Waals surface area (Å²) in [5.41, 5.74) is 7.18. The Hall–Kier alpha value is -1.39. The largest absolute Gasteiger partial charge is 0.380 e. The van der Waals surface area contributed by atoms with E-state index in [2.05, 4.69) is 19.2 Å². The normalized spacial score (nSPS) is 12.5. The molecule has 0 spiro atoms. The van der Waals surface area contributed by atoms with E-state index in [1.165, 1.54) is 0 Å². The number of amides is 1. The smallest absolute Gasteiger partial charge is 0.251 e. The molecule has 0 saturated heterocycles. The molecule has 1 aromatic rings. The maximum absolute atomic E-state index is 12.2. The zero-order chi connectivity index (χ0) is 14.3. The van der Waals surface area contributed by atoms with Crippen LogP contribution in [0.25, 0.3) is 0 Å². The van der Waals surface area contributed by atoms with Crippen molar-refractivity contribution in [2.75, 3.05) is 13.2 Å². The Morgan fingerprint density at radius 3 is 2.74 bits per heavy atom. The van der Waals surface area contributed by atoms with Crippen molar-refractivity contribution in [1.29, 1.82) is 0 Å². The van der Waals surface area contributed by atoms with Crippen LogP contribution in [0.1, 0.15) is 36.7 Å². The minimum atomic E-state index is -0.0753. The topological polar surface area (TPSA) is 64.3 Å². The highest BCUT2D eigenvalue weighted by atomic mass is 16.5. The minimum Gasteiger partial charge on any atom is -0.380 e. The lowest BCUT2D eigenvalue weighted by Gasteiger charge is -2.22. The first-order valence-electron chi connectivity index (χ1n) is 6.76. The first-order chi connectivity index (χ1) is 9.08. The highest BCUT2D eigenvalue weighted by Crippen LogP contribution is 2.08. The van der Waals surface area contributed by atoms with Gasteiger partial charge in [-0.15, -0.1) is 0 Å². The molecule has 0 radical (unpaired) electrons. The van der Waals surface area contributed by atoms with Gasteiger partial charge < -0.3 is 15.8 Å². The molecule has 3 N–H and O–H groups in total. The van der Waals surface area contributed by atoms with Gasteiger partial charge in [-0.2, -0.15) is 0 Å². The van der Waals surface area contributed by atoms with Crippen LogP contribution in [-0.4, -0.2) is 25.2 Å². The Morgan fingerprint density at radius 1 is 1.42 bits per heavy atom. The van der Waals surface area contributed by atoms with Crippen molar-refractivity contribution in [3.63, 3.8) is 0 Å². The lowest BCUT2D eigenvalue weighted by Crippen LogP contribution is -2.41. The molecule has 0 fully saturated rings. The lowest BCUT2D eigenvalue weighted by atomic mass is 10.0. The summed E-state index contributed by atoms with van der Waals surface area (Å²) >= 11 is 0. The van der Waals surface area contributed by atoms with Crippen molar-refractivity contribution in [3.05, 3.63) is 35.4 Å². The van der Waals surface area contributed by atoms with Crippen LogP contribution in [0, 0.1) is 5.92 Å². The van der Waals surface area contributed by atoms with Crippen molar-refractivity contribution >= 4 is 5.91 Å². The molecule has 0 aliphatic rings. The van der Waals surface area contributed by atoms with E-state index in [0.29, 0.717) is 31.2 Å². The van der Waals surface area contributed by atoms with E-state index in [1.54, 1.807) is 6.07 Å². The van der Waals surface area contributed by atoms with Crippen LogP contribution in [0.2, 0.25) is 0 Å². The summed E-state index contributed by atoms with van der Waals surface area (Å²) in [7, 11) is 0. The van der Waals surface area contributed by atoms with Gasteiger partial charge in [-0.05, 0) is 30.5 Å². The molecule has 4 nitrogen and oxygen atoms in total. The number of nitrogens with one attached hydrogen (secondary N) is 1. The van der Waals surface area contributed by atoms with Gasteiger partial charge >= 0.3 is 0 Å². The molecule has 106 valence electrons. The number of benzene rings is 1. The van der Waals surface area contributed by atoms with E-state index >= 15 is 0 Å². The predicted molar refractivity (Wildman–Crippen MR) is 76.9 cm³/mol. The molecule has 1 aromatic carbocycles. The second-order valence-corrected chi connectivity index (χ2v) is 4.89. The second kappa shape index (κ2) is 7.92. The van der Waals surface area contributed by atoms with Crippen molar-refractivity contribution in [2.45, 2.75) is 33.4 Å². The predicted octanol–water partition coefficient (Wildman–Crippen LogP) is 1.94. The number of hydrogen-bond donors (Lipinski definition) is 2. The summed E-state index contributed by atoms with van der Waals surface area (Å²) in [5.74, 6) is 0.252. The number of rotatable bonds is 7. The number of nitrogens with two attached hydrogens (primary N) is 1. The molecule has 0 heterocycles. The van der Waals surface area contributed by atoms with E-state index in [1.807, 2.05) is 25.1 Å². The number of carbonyl (C=O) groups is 1. The Labute approximate surface area is 115 Å². The van der Waals surface area contributed by atoms with Gasteiger partial charge in [-0.25, -0.2) is 0 Å². The van der Waals surface area contributed by atoms with Gasteiger partial charge in [0.15, 0.2) is 0 Å². The van der Waals surface area contributed by atoms with Gasteiger partial charge in [0.1, 0.15) is 0 Å². The standard InChI is InChI=1S/C15H24N2O2/c1-4-19-10-14(11(2)3)17-15(18)13-7-5-6-12(8-13)9-16/h5-8,11,14H,4,9-10,16H2,1-3H3,(H,17,18). The van der Waals surface area contributed by atoms with Crippen molar-refractivity contribution in [3.8, 4) is 0 Å². The van der Waals surface area contributed by atoms with E-state index < -0.39 is 0 Å². The molecule has 0 aliphatic carbocycles. The molecule has 1 unspecified atom stereocenters. The highest BCUT2D eigenvalue weighted by molar-refractivity contribution is 5.94. The average Bonchev–Trinajstić information content (AvgIpc) is 2.42. The van der Waals surface area contributed by atoms with Gasteiger partial charge in [0.05, 0.1) is 12.6 Å². The van der Waals surface area contributed by atoms with Crippen molar-refractivity contribution in [1.82, 2.24) is 5.32 Å². The molecule has 0 saturated carbocycles. The third-order valence-corrected chi connectivity index (χ3v) is 3.05. The van der Waals surface area contributed by atoms with Crippen LogP contribution in [0.3, 0.4) is 0 Å². The Morgan fingerprint density at radius 2 is 2.16 bits per heavy atom. The van der Waals surface area contributed by atoms with Gasteiger partial charge in [0.25, 0.3) is 5.91 Å². The summed E-state index contributed by atoms with van der Waals surface area (Å²) < 4.78 is 5.40. The molecule has 1 amide bonds. The molecule has 19 heavy (non-hydrogen) atoms. The Balaban J connectivity index is 2.69. The summed E-state index contributed by atoms with van der Waals surface area (Å²) in [5, 5.41) is 3.01. The average molecular weight is 264 g/mol. The molecular formula is C15H24N2O2. The summed E-state index contributed by atoms with van der Waals surface area (Å²) in [6, 6.07) is 7.41. The third-order valence-electron chi connectivity index (χ3n) is 3.05. The van der Waals surface area contributed by atoms with Crippen LogP contribution in [0.4, 0.5) is 0 Å². The fraction of sp³-hybridized carbons (Fsp3) is 0.533. The van der Waals surface area contributed by atoms with Crippen LogP contribution in [-0.2, 0) is 11.3 Å². The van der Waals surface area contributed by atoms with Crippen molar-refractivity contribution < 1.29 is 9.53 Å². The molecule has 0 aliphatic heterocycles. The molecule has 4 heteroatoms. The summed E-state index contributed by atoms with van der Waals surface area (Å²) in [6.07, 6.45) is 0. The van der Waals surface area contributed by atoms with E-state index in [0.717, 1.165) is 5.56 Å². The lowest BCUT2D eigenvalue weighted by molar-refractivity contribution is 0.0806. The van der Waals surface area contributed by atoms with Gasteiger partial charge in [-0.3, -0.25) is 4.79 Å². The van der Waals surface area contributed by atoms with E-state index in [4.69, 9.17) is 10.5 Å². The first kappa shape index (κ1) is 15.7. The maximum atomic E-state index is 12.2. The summed E-state index contributed by atoms with van der Waals surface area (Å²) in [4.78, 5) is 12.2. The second-order valence-electron chi connectivity index (χ2n) is 4.89. The molecular weight excluding hydrogens is 240 g/mol.